The highest BCUT2D eigenvalue weighted by molar-refractivity contribution is 6.42. The second kappa shape index (κ2) is 8.09. The molecule has 9 nitrogen and oxygen atoms in total. The standard InChI is InChI=1S/C23H23Cl2N7O2/c1-13-8-20-17(12-30(13)22(33)14-2-5-18(24)19(25)9-14)21-23(34)29(6-7-31(21)27-20)10-15-11-32(28-26-15)16-3-4-16/h2,5,9,11,13,16H,3-4,6-8,10,12H2,1H3/t13-/m1/s1. The molecule has 6 rings (SSSR count). The second-order valence-electron chi connectivity index (χ2n) is 9.26. The van der Waals surface area contributed by atoms with Crippen molar-refractivity contribution in [3.63, 3.8) is 0 Å². The van der Waals surface area contributed by atoms with Crippen molar-refractivity contribution in [2.75, 3.05) is 6.54 Å². The topological polar surface area (TPSA) is 89.2 Å². The van der Waals surface area contributed by atoms with Crippen LogP contribution < -0.4 is 0 Å². The molecule has 1 fully saturated rings. The summed E-state index contributed by atoms with van der Waals surface area (Å²) in [5, 5.41) is 13.9. The summed E-state index contributed by atoms with van der Waals surface area (Å²) in [6.07, 6.45) is 4.79. The molecule has 0 saturated heterocycles. The summed E-state index contributed by atoms with van der Waals surface area (Å²) < 4.78 is 3.69. The van der Waals surface area contributed by atoms with Gasteiger partial charge in [0.25, 0.3) is 11.8 Å². The van der Waals surface area contributed by atoms with Crippen molar-refractivity contribution in [2.45, 2.75) is 57.9 Å². The number of nitrogens with zero attached hydrogens (tertiary/aromatic N) is 7. The van der Waals surface area contributed by atoms with Gasteiger partial charge in [-0.1, -0.05) is 28.4 Å². The fourth-order valence-electron chi connectivity index (χ4n) is 4.78. The van der Waals surface area contributed by atoms with Gasteiger partial charge in [0.15, 0.2) is 0 Å². The van der Waals surface area contributed by atoms with Crippen molar-refractivity contribution in [3.8, 4) is 0 Å². The van der Waals surface area contributed by atoms with Crippen molar-refractivity contribution >= 4 is 35.0 Å². The van der Waals surface area contributed by atoms with Crippen LogP contribution in [0, 0.1) is 0 Å². The summed E-state index contributed by atoms with van der Waals surface area (Å²) in [4.78, 5) is 30.4. The van der Waals surface area contributed by atoms with Gasteiger partial charge >= 0.3 is 0 Å². The number of carbonyl (C=O) groups excluding carboxylic acids is 2. The molecule has 4 heterocycles. The molecular weight excluding hydrogens is 477 g/mol. The first-order chi connectivity index (χ1) is 16.4. The third kappa shape index (κ3) is 3.67. The Bertz CT molecular complexity index is 1310. The minimum Gasteiger partial charge on any atom is -0.331 e. The summed E-state index contributed by atoms with van der Waals surface area (Å²) in [5.74, 6) is -0.231. The Balaban J connectivity index is 1.25. The van der Waals surface area contributed by atoms with Crippen LogP contribution in [-0.2, 0) is 26.1 Å². The molecule has 34 heavy (non-hydrogen) atoms. The fourth-order valence-corrected chi connectivity index (χ4v) is 5.08. The van der Waals surface area contributed by atoms with Gasteiger partial charge in [-0.15, -0.1) is 5.10 Å². The quantitative estimate of drug-likeness (QED) is 0.548. The van der Waals surface area contributed by atoms with E-state index in [0.717, 1.165) is 29.8 Å². The Hall–Kier alpha value is -2.91. The van der Waals surface area contributed by atoms with Gasteiger partial charge in [0.1, 0.15) is 11.4 Å². The zero-order chi connectivity index (χ0) is 23.6. The third-order valence-electron chi connectivity index (χ3n) is 6.81. The van der Waals surface area contributed by atoms with Gasteiger partial charge in [0, 0.05) is 30.1 Å². The smallest absolute Gasteiger partial charge is 0.272 e. The first-order valence-electron chi connectivity index (χ1n) is 11.4. The van der Waals surface area contributed by atoms with Crippen LogP contribution in [0.25, 0.3) is 0 Å². The first-order valence-corrected chi connectivity index (χ1v) is 12.2. The van der Waals surface area contributed by atoms with Crippen molar-refractivity contribution in [2.24, 2.45) is 0 Å². The van der Waals surface area contributed by atoms with Crippen LogP contribution in [0.1, 0.15) is 63.6 Å². The molecule has 2 amide bonds. The lowest BCUT2D eigenvalue weighted by Gasteiger charge is -2.34. The molecule has 0 unspecified atom stereocenters. The molecule has 0 radical (unpaired) electrons. The second-order valence-corrected chi connectivity index (χ2v) is 10.1. The summed E-state index contributed by atoms with van der Waals surface area (Å²) in [6, 6.07) is 5.28. The normalized spacial score (nSPS) is 19.9. The molecule has 3 aromatic rings. The Kier molecular flexibility index (Phi) is 5.14. The van der Waals surface area contributed by atoms with Crippen LogP contribution in [-0.4, -0.2) is 59.0 Å². The number of hydrogen-bond acceptors (Lipinski definition) is 5. The molecule has 0 spiro atoms. The lowest BCUT2D eigenvalue weighted by molar-refractivity contribution is 0.0636. The summed E-state index contributed by atoms with van der Waals surface area (Å²) in [6.45, 7) is 3.90. The molecule has 3 aliphatic rings. The lowest BCUT2D eigenvalue weighted by Crippen LogP contribution is -2.44. The van der Waals surface area contributed by atoms with E-state index < -0.39 is 0 Å². The lowest BCUT2D eigenvalue weighted by atomic mass is 9.97. The van der Waals surface area contributed by atoms with Gasteiger partial charge < -0.3 is 9.80 Å². The molecule has 2 aromatic heterocycles. The Morgan fingerprint density at radius 1 is 1.18 bits per heavy atom. The van der Waals surface area contributed by atoms with Crippen LogP contribution in [0.15, 0.2) is 24.4 Å². The molecule has 1 aliphatic carbocycles. The van der Waals surface area contributed by atoms with Crippen LogP contribution in [0.2, 0.25) is 10.0 Å². The highest BCUT2D eigenvalue weighted by Crippen LogP contribution is 2.34. The van der Waals surface area contributed by atoms with E-state index in [1.165, 1.54) is 0 Å². The maximum Gasteiger partial charge on any atom is 0.272 e. The highest BCUT2D eigenvalue weighted by Gasteiger charge is 2.37. The van der Waals surface area contributed by atoms with Crippen molar-refractivity contribution in [1.29, 1.82) is 0 Å². The van der Waals surface area contributed by atoms with E-state index >= 15 is 0 Å². The SMILES string of the molecule is C[C@@H]1Cc2nn3c(c2CN1C(=O)c1ccc(Cl)c(Cl)c1)C(=O)N(Cc1cn(C2CC2)nn1)CC3. The summed E-state index contributed by atoms with van der Waals surface area (Å²) >= 11 is 12.2. The molecule has 2 aliphatic heterocycles. The molecule has 11 heteroatoms. The predicted octanol–water partition coefficient (Wildman–Crippen LogP) is 3.36. The number of fused-ring (bicyclic) bond motifs is 3. The van der Waals surface area contributed by atoms with Gasteiger partial charge in [-0.2, -0.15) is 5.10 Å². The van der Waals surface area contributed by atoms with E-state index in [9.17, 15) is 9.59 Å². The summed E-state index contributed by atoms with van der Waals surface area (Å²) in [5.41, 5.74) is 3.53. The van der Waals surface area contributed by atoms with E-state index in [1.54, 1.807) is 32.7 Å². The van der Waals surface area contributed by atoms with Gasteiger partial charge in [0.05, 0.1) is 47.6 Å². The minimum absolute atomic E-state index is 0.0601. The molecule has 0 N–H and O–H groups in total. The highest BCUT2D eigenvalue weighted by atomic mass is 35.5. The Morgan fingerprint density at radius 2 is 2.00 bits per heavy atom. The zero-order valence-electron chi connectivity index (χ0n) is 18.6. The number of aromatic nitrogens is 5. The van der Waals surface area contributed by atoms with Crippen molar-refractivity contribution in [1.82, 2.24) is 34.6 Å². The number of benzene rings is 1. The summed E-state index contributed by atoms with van der Waals surface area (Å²) in [7, 11) is 0. The number of hydrogen-bond donors (Lipinski definition) is 0. The average Bonchev–Trinajstić information content (AvgIpc) is 3.45. The molecule has 0 bridgehead atoms. The largest absolute Gasteiger partial charge is 0.331 e. The molecule has 1 aromatic carbocycles. The maximum absolute atomic E-state index is 13.5. The molecular formula is C23H23Cl2N7O2. The third-order valence-corrected chi connectivity index (χ3v) is 7.55. The van der Waals surface area contributed by atoms with Crippen LogP contribution in [0.5, 0.6) is 0 Å². The van der Waals surface area contributed by atoms with Gasteiger partial charge in [-0.3, -0.25) is 14.3 Å². The predicted molar refractivity (Wildman–Crippen MR) is 125 cm³/mol. The molecule has 1 saturated carbocycles. The van der Waals surface area contributed by atoms with Crippen LogP contribution >= 0.6 is 23.2 Å². The average molecular weight is 500 g/mol. The Labute approximate surface area is 206 Å². The van der Waals surface area contributed by atoms with E-state index in [2.05, 4.69) is 10.3 Å². The number of carbonyl (C=O) groups is 2. The Morgan fingerprint density at radius 3 is 2.76 bits per heavy atom. The van der Waals surface area contributed by atoms with E-state index in [1.807, 2.05) is 17.8 Å². The van der Waals surface area contributed by atoms with Gasteiger partial charge in [0.2, 0.25) is 0 Å². The number of halogens is 2. The van der Waals surface area contributed by atoms with E-state index in [0.29, 0.717) is 59.9 Å². The maximum atomic E-state index is 13.5. The van der Waals surface area contributed by atoms with Crippen LogP contribution in [0.3, 0.4) is 0 Å². The van der Waals surface area contributed by atoms with Gasteiger partial charge in [-0.25, -0.2) is 4.68 Å². The van der Waals surface area contributed by atoms with E-state index in [-0.39, 0.29) is 17.9 Å². The molecule has 1 atom stereocenters. The van der Waals surface area contributed by atoms with Crippen molar-refractivity contribution < 1.29 is 9.59 Å². The van der Waals surface area contributed by atoms with Crippen molar-refractivity contribution in [3.05, 3.63) is 62.6 Å². The zero-order valence-corrected chi connectivity index (χ0v) is 20.1. The first kappa shape index (κ1) is 21.6. The number of rotatable bonds is 4. The van der Waals surface area contributed by atoms with E-state index in [4.69, 9.17) is 28.3 Å². The molecule has 176 valence electrons. The minimum atomic E-state index is -0.145. The van der Waals surface area contributed by atoms with Gasteiger partial charge in [-0.05, 0) is 38.0 Å². The van der Waals surface area contributed by atoms with Crippen LogP contribution in [0.4, 0.5) is 0 Å². The fraction of sp³-hybridized carbons (Fsp3) is 0.435. The number of amides is 2. The monoisotopic (exact) mass is 499 g/mol.